The van der Waals surface area contributed by atoms with Crippen molar-refractivity contribution in [3.8, 4) is 0 Å². The average Bonchev–Trinajstić information content (AvgIpc) is 3.04. The van der Waals surface area contributed by atoms with Crippen molar-refractivity contribution in [3.05, 3.63) is 66.6 Å². The van der Waals surface area contributed by atoms with Gasteiger partial charge in [-0.15, -0.1) is 0 Å². The van der Waals surface area contributed by atoms with E-state index in [-0.39, 0.29) is 5.91 Å². The number of pyridine rings is 1. The predicted molar refractivity (Wildman–Crippen MR) is 82.7 cm³/mol. The zero-order valence-electron chi connectivity index (χ0n) is 11.5. The fourth-order valence-corrected chi connectivity index (χ4v) is 2.30. The minimum atomic E-state index is -0.284. The lowest BCUT2D eigenvalue weighted by Crippen LogP contribution is -2.16. The summed E-state index contributed by atoms with van der Waals surface area (Å²) < 4.78 is 1.57. The molecule has 3 aromatic heterocycles. The molecule has 4 rings (SSSR count). The highest BCUT2D eigenvalue weighted by molar-refractivity contribution is 6.03. The van der Waals surface area contributed by atoms with E-state index in [9.17, 15) is 4.79 Å². The third-order valence-corrected chi connectivity index (χ3v) is 3.36. The Morgan fingerprint density at radius 3 is 2.86 bits per heavy atom. The van der Waals surface area contributed by atoms with Crippen LogP contribution in [-0.2, 0) is 0 Å². The average molecular weight is 289 g/mol. The summed E-state index contributed by atoms with van der Waals surface area (Å²) in [6.07, 6.45) is 3.26. The van der Waals surface area contributed by atoms with Gasteiger partial charge in [0.25, 0.3) is 5.91 Å². The smallest absolute Gasteiger partial charge is 0.275 e. The van der Waals surface area contributed by atoms with Gasteiger partial charge in [0.15, 0.2) is 5.65 Å². The SMILES string of the molecule is O=C(Nc1ccnc2ccnn12)c1ccc2ccccc2n1. The van der Waals surface area contributed by atoms with Crippen LogP contribution in [0.5, 0.6) is 0 Å². The topological polar surface area (TPSA) is 72.2 Å². The number of nitrogens with one attached hydrogen (secondary N) is 1. The van der Waals surface area contributed by atoms with Gasteiger partial charge in [-0.2, -0.15) is 9.61 Å². The molecule has 0 fully saturated rings. The molecule has 0 radical (unpaired) electrons. The van der Waals surface area contributed by atoms with E-state index in [1.807, 2.05) is 30.3 Å². The number of fused-ring (bicyclic) bond motifs is 2. The van der Waals surface area contributed by atoms with E-state index in [1.165, 1.54) is 0 Å². The molecular weight excluding hydrogens is 278 g/mol. The van der Waals surface area contributed by atoms with Crippen LogP contribution in [0.25, 0.3) is 16.6 Å². The van der Waals surface area contributed by atoms with E-state index in [1.54, 1.807) is 35.1 Å². The van der Waals surface area contributed by atoms with Gasteiger partial charge in [0.2, 0.25) is 0 Å². The molecule has 0 aliphatic carbocycles. The first-order valence-electron chi connectivity index (χ1n) is 6.77. The van der Waals surface area contributed by atoms with Crippen molar-refractivity contribution in [1.29, 1.82) is 0 Å². The van der Waals surface area contributed by atoms with Gasteiger partial charge >= 0.3 is 0 Å². The fourth-order valence-electron chi connectivity index (χ4n) is 2.30. The monoisotopic (exact) mass is 289 g/mol. The largest absolute Gasteiger partial charge is 0.305 e. The number of rotatable bonds is 2. The van der Waals surface area contributed by atoms with Crippen LogP contribution in [0.3, 0.4) is 0 Å². The number of amides is 1. The lowest BCUT2D eigenvalue weighted by molar-refractivity contribution is 0.102. The first kappa shape index (κ1) is 12.5. The van der Waals surface area contributed by atoms with Crippen molar-refractivity contribution >= 4 is 28.3 Å². The summed E-state index contributed by atoms with van der Waals surface area (Å²) in [6.45, 7) is 0. The number of aromatic nitrogens is 4. The van der Waals surface area contributed by atoms with Gasteiger partial charge in [-0.05, 0) is 18.2 Å². The highest BCUT2D eigenvalue weighted by Crippen LogP contribution is 2.14. The van der Waals surface area contributed by atoms with Crippen LogP contribution in [0.1, 0.15) is 10.5 Å². The lowest BCUT2D eigenvalue weighted by Gasteiger charge is -2.07. The molecule has 106 valence electrons. The number of benzene rings is 1. The van der Waals surface area contributed by atoms with Crippen molar-refractivity contribution in [2.75, 3.05) is 5.32 Å². The lowest BCUT2D eigenvalue weighted by atomic mass is 10.2. The van der Waals surface area contributed by atoms with Crippen LogP contribution in [0.15, 0.2) is 60.9 Å². The maximum Gasteiger partial charge on any atom is 0.275 e. The number of hydrogen-bond acceptors (Lipinski definition) is 4. The van der Waals surface area contributed by atoms with E-state index in [0.29, 0.717) is 17.2 Å². The summed E-state index contributed by atoms with van der Waals surface area (Å²) >= 11 is 0. The molecule has 0 aliphatic rings. The van der Waals surface area contributed by atoms with Gasteiger partial charge < -0.3 is 5.32 Å². The molecule has 1 aromatic carbocycles. The van der Waals surface area contributed by atoms with E-state index in [0.717, 1.165) is 10.9 Å². The second-order valence-electron chi connectivity index (χ2n) is 4.77. The number of anilines is 1. The molecule has 4 aromatic rings. The Bertz CT molecular complexity index is 992. The first-order valence-corrected chi connectivity index (χ1v) is 6.77. The molecule has 0 saturated heterocycles. The molecule has 6 nitrogen and oxygen atoms in total. The second kappa shape index (κ2) is 4.92. The minimum absolute atomic E-state index is 0.284. The fraction of sp³-hybridized carbons (Fsp3) is 0. The van der Waals surface area contributed by atoms with E-state index >= 15 is 0 Å². The highest BCUT2D eigenvalue weighted by Gasteiger charge is 2.11. The van der Waals surface area contributed by atoms with Crippen molar-refractivity contribution in [3.63, 3.8) is 0 Å². The molecule has 0 atom stereocenters. The summed E-state index contributed by atoms with van der Waals surface area (Å²) in [5.41, 5.74) is 1.81. The molecule has 0 aliphatic heterocycles. The van der Waals surface area contributed by atoms with E-state index < -0.39 is 0 Å². The van der Waals surface area contributed by atoms with Crippen molar-refractivity contribution in [2.45, 2.75) is 0 Å². The first-order chi connectivity index (χ1) is 10.8. The summed E-state index contributed by atoms with van der Waals surface area (Å²) in [5, 5.41) is 7.94. The normalized spacial score (nSPS) is 10.9. The Kier molecular flexibility index (Phi) is 2.79. The van der Waals surface area contributed by atoms with Gasteiger partial charge in [-0.3, -0.25) is 4.79 Å². The van der Waals surface area contributed by atoms with Crippen molar-refractivity contribution in [2.24, 2.45) is 0 Å². The highest BCUT2D eigenvalue weighted by atomic mass is 16.2. The zero-order valence-corrected chi connectivity index (χ0v) is 11.5. The van der Waals surface area contributed by atoms with Crippen molar-refractivity contribution < 1.29 is 4.79 Å². The maximum atomic E-state index is 12.4. The van der Waals surface area contributed by atoms with Crippen LogP contribution < -0.4 is 5.32 Å². The van der Waals surface area contributed by atoms with Gasteiger partial charge in [0, 0.05) is 17.6 Å². The minimum Gasteiger partial charge on any atom is -0.305 e. The molecule has 0 saturated carbocycles. The molecule has 0 spiro atoms. The Hall–Kier alpha value is -3.28. The van der Waals surface area contributed by atoms with Crippen LogP contribution in [-0.4, -0.2) is 25.5 Å². The van der Waals surface area contributed by atoms with Gasteiger partial charge in [0.05, 0.1) is 11.7 Å². The number of hydrogen-bond donors (Lipinski definition) is 1. The standard InChI is InChI=1S/C16H11N5O/c22-16(13-6-5-11-3-1-2-4-12(11)19-13)20-15-7-9-17-14-8-10-18-21(14)15/h1-10H,(H,20,22). The zero-order chi connectivity index (χ0) is 14.9. The Morgan fingerprint density at radius 2 is 1.91 bits per heavy atom. The van der Waals surface area contributed by atoms with Crippen LogP contribution in [0.4, 0.5) is 5.82 Å². The molecule has 6 heteroatoms. The molecule has 0 unspecified atom stereocenters. The third-order valence-electron chi connectivity index (χ3n) is 3.36. The van der Waals surface area contributed by atoms with Gasteiger partial charge in [0.1, 0.15) is 11.5 Å². The van der Waals surface area contributed by atoms with Gasteiger partial charge in [-0.1, -0.05) is 24.3 Å². The molecule has 22 heavy (non-hydrogen) atoms. The number of carbonyl (C=O) groups is 1. The predicted octanol–water partition coefficient (Wildman–Crippen LogP) is 2.53. The molecular formula is C16H11N5O. The quantitative estimate of drug-likeness (QED) is 0.615. The summed E-state index contributed by atoms with van der Waals surface area (Å²) in [5.74, 6) is 0.267. The second-order valence-corrected chi connectivity index (χ2v) is 4.77. The Labute approximate surface area is 125 Å². The van der Waals surface area contributed by atoms with Crippen LogP contribution in [0.2, 0.25) is 0 Å². The number of carbonyl (C=O) groups excluding carboxylic acids is 1. The summed E-state index contributed by atoms with van der Waals surface area (Å²) in [4.78, 5) is 20.9. The van der Waals surface area contributed by atoms with Crippen LogP contribution >= 0.6 is 0 Å². The van der Waals surface area contributed by atoms with Crippen molar-refractivity contribution in [1.82, 2.24) is 19.6 Å². The molecule has 1 N–H and O–H groups in total. The van der Waals surface area contributed by atoms with E-state index in [2.05, 4.69) is 20.4 Å². The third kappa shape index (κ3) is 2.07. The Balaban J connectivity index is 1.70. The molecule has 0 bridgehead atoms. The molecule has 3 heterocycles. The van der Waals surface area contributed by atoms with Gasteiger partial charge in [-0.25, -0.2) is 9.97 Å². The Morgan fingerprint density at radius 1 is 1.00 bits per heavy atom. The maximum absolute atomic E-state index is 12.4. The van der Waals surface area contributed by atoms with E-state index in [4.69, 9.17) is 0 Å². The number of nitrogens with zero attached hydrogens (tertiary/aromatic N) is 4. The number of para-hydroxylation sites is 1. The summed E-state index contributed by atoms with van der Waals surface area (Å²) in [6, 6.07) is 14.7. The summed E-state index contributed by atoms with van der Waals surface area (Å²) in [7, 11) is 0. The molecule has 1 amide bonds. The van der Waals surface area contributed by atoms with Crippen LogP contribution in [0, 0.1) is 0 Å².